The first-order chi connectivity index (χ1) is 10.1. The van der Waals surface area contributed by atoms with Crippen molar-refractivity contribution in [2.24, 2.45) is 0 Å². The van der Waals surface area contributed by atoms with Gasteiger partial charge in [-0.3, -0.25) is 9.59 Å². The maximum absolute atomic E-state index is 13.5. The second kappa shape index (κ2) is 6.50. The molecule has 0 radical (unpaired) electrons. The van der Waals surface area contributed by atoms with E-state index in [1.165, 1.54) is 36.5 Å². The largest absolute Gasteiger partial charge is 0.384 e. The Morgan fingerprint density at radius 1 is 1.33 bits per heavy atom. The third kappa shape index (κ3) is 3.78. The molecule has 0 aliphatic heterocycles. The van der Waals surface area contributed by atoms with Crippen LogP contribution < -0.4 is 10.9 Å². The average molecular weight is 286 g/mol. The fourth-order valence-electron chi connectivity index (χ4n) is 1.59. The topological polar surface area (TPSA) is 82.2 Å². The van der Waals surface area contributed by atoms with Gasteiger partial charge in [0, 0.05) is 18.0 Å². The molecule has 0 fully saturated rings. The SMILES string of the molecule is O=C(Nc1ccc(F)c(C#CCO)c1)c1ccc(=O)[nH]c1. The number of aromatic nitrogens is 1. The molecule has 21 heavy (non-hydrogen) atoms. The van der Waals surface area contributed by atoms with Gasteiger partial charge in [-0.25, -0.2) is 4.39 Å². The van der Waals surface area contributed by atoms with Crippen LogP contribution in [0.3, 0.4) is 0 Å². The molecule has 2 aromatic rings. The van der Waals surface area contributed by atoms with E-state index in [0.29, 0.717) is 5.69 Å². The summed E-state index contributed by atoms with van der Waals surface area (Å²) in [6.07, 6.45) is 1.29. The normalized spacial score (nSPS) is 9.62. The van der Waals surface area contributed by atoms with Gasteiger partial charge in [0.25, 0.3) is 5.91 Å². The zero-order chi connectivity index (χ0) is 15.2. The molecule has 0 spiro atoms. The number of benzene rings is 1. The summed E-state index contributed by atoms with van der Waals surface area (Å²) in [5.41, 5.74) is 0.384. The van der Waals surface area contributed by atoms with Crippen LogP contribution in [-0.4, -0.2) is 22.6 Å². The zero-order valence-corrected chi connectivity index (χ0v) is 10.8. The summed E-state index contributed by atoms with van der Waals surface area (Å²) in [7, 11) is 0. The minimum absolute atomic E-state index is 0.0725. The van der Waals surface area contributed by atoms with Gasteiger partial charge in [-0.15, -0.1) is 0 Å². The van der Waals surface area contributed by atoms with Gasteiger partial charge in [-0.1, -0.05) is 11.8 Å². The summed E-state index contributed by atoms with van der Waals surface area (Å²) >= 11 is 0. The number of aromatic amines is 1. The number of hydrogen-bond donors (Lipinski definition) is 3. The number of amides is 1. The smallest absolute Gasteiger partial charge is 0.257 e. The lowest BCUT2D eigenvalue weighted by Gasteiger charge is -2.06. The molecule has 0 bridgehead atoms. The van der Waals surface area contributed by atoms with Crippen molar-refractivity contribution in [2.45, 2.75) is 0 Å². The molecule has 106 valence electrons. The van der Waals surface area contributed by atoms with E-state index in [2.05, 4.69) is 22.1 Å². The number of pyridine rings is 1. The third-order valence-electron chi connectivity index (χ3n) is 2.57. The fourth-order valence-corrected chi connectivity index (χ4v) is 1.59. The highest BCUT2D eigenvalue weighted by molar-refractivity contribution is 6.04. The zero-order valence-electron chi connectivity index (χ0n) is 10.8. The van der Waals surface area contributed by atoms with Crippen LogP contribution in [0.4, 0.5) is 10.1 Å². The Labute approximate surface area is 119 Å². The third-order valence-corrected chi connectivity index (χ3v) is 2.57. The van der Waals surface area contributed by atoms with Crippen LogP contribution in [0.5, 0.6) is 0 Å². The molecular weight excluding hydrogens is 275 g/mol. The predicted octanol–water partition coefficient (Wildman–Crippen LogP) is 1.11. The number of aliphatic hydroxyl groups is 1. The maximum atomic E-state index is 13.5. The highest BCUT2D eigenvalue weighted by atomic mass is 19.1. The van der Waals surface area contributed by atoms with Crippen LogP contribution in [0, 0.1) is 17.7 Å². The molecule has 0 aliphatic carbocycles. The van der Waals surface area contributed by atoms with Crippen molar-refractivity contribution in [3.05, 3.63) is 63.8 Å². The molecule has 0 unspecified atom stereocenters. The lowest BCUT2D eigenvalue weighted by atomic mass is 10.2. The van der Waals surface area contributed by atoms with Crippen molar-refractivity contribution in [1.82, 2.24) is 4.98 Å². The van der Waals surface area contributed by atoms with Crippen molar-refractivity contribution in [1.29, 1.82) is 0 Å². The van der Waals surface area contributed by atoms with E-state index in [1.807, 2.05) is 0 Å². The summed E-state index contributed by atoms with van der Waals surface area (Å²) in [4.78, 5) is 25.2. The van der Waals surface area contributed by atoms with Crippen LogP contribution >= 0.6 is 0 Å². The highest BCUT2D eigenvalue weighted by Gasteiger charge is 2.07. The van der Waals surface area contributed by atoms with Crippen molar-refractivity contribution in [3.63, 3.8) is 0 Å². The number of nitrogens with one attached hydrogen (secondary N) is 2. The van der Waals surface area contributed by atoms with Crippen LogP contribution in [-0.2, 0) is 0 Å². The predicted molar refractivity (Wildman–Crippen MR) is 75.4 cm³/mol. The first kappa shape index (κ1) is 14.5. The quantitative estimate of drug-likeness (QED) is 0.723. The Bertz CT molecular complexity index is 767. The van der Waals surface area contributed by atoms with E-state index in [0.717, 1.165) is 0 Å². The summed E-state index contributed by atoms with van der Waals surface area (Å²) in [6.45, 7) is -0.382. The monoisotopic (exact) mass is 286 g/mol. The molecular formula is C15H11FN2O3. The molecule has 2 rings (SSSR count). The molecule has 0 saturated heterocycles. The Balaban J connectivity index is 2.21. The first-order valence-electron chi connectivity index (χ1n) is 5.99. The van der Waals surface area contributed by atoms with Crippen molar-refractivity contribution >= 4 is 11.6 Å². The van der Waals surface area contributed by atoms with E-state index in [9.17, 15) is 14.0 Å². The summed E-state index contributed by atoms with van der Waals surface area (Å²) in [6, 6.07) is 6.54. The minimum atomic E-state index is -0.544. The average Bonchev–Trinajstić information content (AvgIpc) is 2.48. The Kier molecular flexibility index (Phi) is 4.49. The lowest BCUT2D eigenvalue weighted by Crippen LogP contribution is -2.14. The van der Waals surface area contributed by atoms with Crippen molar-refractivity contribution < 1.29 is 14.3 Å². The molecule has 0 saturated carbocycles. The number of carbonyl (C=O) groups excluding carboxylic acids is 1. The van der Waals surface area contributed by atoms with Crippen molar-refractivity contribution in [2.75, 3.05) is 11.9 Å². The highest BCUT2D eigenvalue weighted by Crippen LogP contribution is 2.14. The molecule has 1 aromatic heterocycles. The molecule has 1 aromatic carbocycles. The summed E-state index contributed by atoms with van der Waals surface area (Å²) in [5, 5.41) is 11.2. The number of halogens is 1. The van der Waals surface area contributed by atoms with Crippen LogP contribution in [0.2, 0.25) is 0 Å². The van der Waals surface area contributed by atoms with Gasteiger partial charge >= 0.3 is 0 Å². The Morgan fingerprint density at radius 3 is 2.81 bits per heavy atom. The number of anilines is 1. The molecule has 1 amide bonds. The van der Waals surface area contributed by atoms with Gasteiger partial charge in [-0.2, -0.15) is 0 Å². The van der Waals surface area contributed by atoms with Gasteiger partial charge < -0.3 is 15.4 Å². The van der Waals surface area contributed by atoms with E-state index in [1.54, 1.807) is 0 Å². The summed E-state index contributed by atoms with van der Waals surface area (Å²) in [5.74, 6) is 3.80. The second-order valence-electron chi connectivity index (χ2n) is 4.05. The molecule has 3 N–H and O–H groups in total. The maximum Gasteiger partial charge on any atom is 0.257 e. The van der Waals surface area contributed by atoms with E-state index < -0.39 is 11.7 Å². The van der Waals surface area contributed by atoms with Crippen LogP contribution in [0.1, 0.15) is 15.9 Å². The van der Waals surface area contributed by atoms with Crippen LogP contribution in [0.25, 0.3) is 0 Å². The van der Waals surface area contributed by atoms with Gasteiger partial charge in [0.05, 0.1) is 11.1 Å². The van der Waals surface area contributed by atoms with Crippen molar-refractivity contribution in [3.8, 4) is 11.8 Å². The minimum Gasteiger partial charge on any atom is -0.384 e. The fraction of sp³-hybridized carbons (Fsp3) is 0.0667. The van der Waals surface area contributed by atoms with Crippen LogP contribution in [0.15, 0.2) is 41.3 Å². The van der Waals surface area contributed by atoms with Gasteiger partial charge in [-0.05, 0) is 24.3 Å². The molecule has 5 nitrogen and oxygen atoms in total. The molecule has 0 aliphatic rings. The van der Waals surface area contributed by atoms with Gasteiger partial charge in [0.1, 0.15) is 12.4 Å². The molecule has 6 heteroatoms. The number of aliphatic hydroxyl groups excluding tert-OH is 1. The number of rotatable bonds is 2. The Hall–Kier alpha value is -2.91. The summed E-state index contributed by atoms with van der Waals surface area (Å²) < 4.78 is 13.5. The lowest BCUT2D eigenvalue weighted by molar-refractivity contribution is 0.102. The molecule has 0 atom stereocenters. The van der Waals surface area contributed by atoms with Gasteiger partial charge in [0.2, 0.25) is 5.56 Å². The van der Waals surface area contributed by atoms with E-state index in [-0.39, 0.29) is 23.3 Å². The number of carbonyl (C=O) groups is 1. The second-order valence-corrected chi connectivity index (χ2v) is 4.05. The molecule has 1 heterocycles. The Morgan fingerprint density at radius 2 is 2.14 bits per heavy atom. The standard InChI is InChI=1S/C15H11FN2O3/c16-13-5-4-12(8-10(13)2-1-7-19)18-15(21)11-3-6-14(20)17-9-11/h3-6,8-9,19H,7H2,(H,17,20)(H,18,21). The van der Waals surface area contributed by atoms with Gasteiger partial charge in [0.15, 0.2) is 0 Å². The van der Waals surface area contributed by atoms with E-state index >= 15 is 0 Å². The van der Waals surface area contributed by atoms with E-state index in [4.69, 9.17) is 5.11 Å². The first-order valence-corrected chi connectivity index (χ1v) is 5.99. The number of H-pyrrole nitrogens is 1. The number of hydrogen-bond acceptors (Lipinski definition) is 3.